The van der Waals surface area contributed by atoms with Crippen molar-refractivity contribution in [2.75, 3.05) is 0 Å². The smallest absolute Gasteiger partial charge is 0.335 e. The van der Waals surface area contributed by atoms with Crippen molar-refractivity contribution in [1.82, 2.24) is 4.98 Å². The SMILES string of the molecule is Cc1cc(=O)c2cc(C(=O)O)ccc2[nH]1.Cl. The Kier molecular flexibility index (Phi) is 3.34. The van der Waals surface area contributed by atoms with Gasteiger partial charge in [0.1, 0.15) is 0 Å². The summed E-state index contributed by atoms with van der Waals surface area (Å²) < 4.78 is 0. The first kappa shape index (κ1) is 12.3. The third-order valence-electron chi connectivity index (χ3n) is 2.21. The Balaban J connectivity index is 0.00000128. The number of carboxylic acids is 1. The Labute approximate surface area is 97.3 Å². The van der Waals surface area contributed by atoms with Gasteiger partial charge in [0, 0.05) is 22.7 Å². The molecule has 1 heterocycles. The molecule has 0 amide bonds. The van der Waals surface area contributed by atoms with Crippen molar-refractivity contribution in [3.05, 3.63) is 45.7 Å². The van der Waals surface area contributed by atoms with Gasteiger partial charge in [-0.3, -0.25) is 4.79 Å². The largest absolute Gasteiger partial charge is 0.478 e. The molecule has 84 valence electrons. The Morgan fingerprint density at radius 3 is 2.62 bits per heavy atom. The van der Waals surface area contributed by atoms with E-state index in [-0.39, 0.29) is 23.4 Å². The molecule has 5 heteroatoms. The average Bonchev–Trinajstić information content (AvgIpc) is 2.16. The summed E-state index contributed by atoms with van der Waals surface area (Å²) in [7, 11) is 0. The second kappa shape index (κ2) is 4.37. The number of aromatic amines is 1. The molecule has 0 bridgehead atoms. The predicted molar refractivity (Wildman–Crippen MR) is 63.5 cm³/mol. The highest BCUT2D eigenvalue weighted by atomic mass is 35.5. The van der Waals surface area contributed by atoms with E-state index in [2.05, 4.69) is 4.98 Å². The summed E-state index contributed by atoms with van der Waals surface area (Å²) in [6.07, 6.45) is 0. The number of aromatic carboxylic acids is 1. The predicted octanol–water partition coefficient (Wildman–Crippen LogP) is 1.96. The second-order valence-electron chi connectivity index (χ2n) is 3.38. The van der Waals surface area contributed by atoms with Crippen LogP contribution in [0.3, 0.4) is 0 Å². The minimum Gasteiger partial charge on any atom is -0.478 e. The standard InChI is InChI=1S/C11H9NO3.ClH/c1-6-4-10(13)8-5-7(11(14)15)2-3-9(8)12-6;/h2-5H,1H3,(H,12,13)(H,14,15);1H. The van der Waals surface area contributed by atoms with E-state index in [1.165, 1.54) is 18.2 Å². The van der Waals surface area contributed by atoms with E-state index in [0.717, 1.165) is 5.69 Å². The number of hydrogen-bond donors (Lipinski definition) is 2. The van der Waals surface area contributed by atoms with Crippen molar-refractivity contribution < 1.29 is 9.90 Å². The minimum absolute atomic E-state index is 0. The van der Waals surface area contributed by atoms with E-state index in [0.29, 0.717) is 10.9 Å². The molecule has 0 aliphatic rings. The summed E-state index contributed by atoms with van der Waals surface area (Å²) in [6, 6.07) is 5.91. The Morgan fingerprint density at radius 1 is 1.31 bits per heavy atom. The van der Waals surface area contributed by atoms with Crippen LogP contribution in [0.4, 0.5) is 0 Å². The molecule has 4 nitrogen and oxygen atoms in total. The van der Waals surface area contributed by atoms with E-state index >= 15 is 0 Å². The van der Waals surface area contributed by atoms with E-state index in [1.807, 2.05) is 0 Å². The number of H-pyrrole nitrogens is 1. The van der Waals surface area contributed by atoms with Crippen LogP contribution in [0.15, 0.2) is 29.1 Å². The summed E-state index contributed by atoms with van der Waals surface area (Å²) in [5, 5.41) is 9.18. The van der Waals surface area contributed by atoms with Crippen LogP contribution in [0.25, 0.3) is 10.9 Å². The first-order valence-electron chi connectivity index (χ1n) is 4.45. The average molecular weight is 240 g/mol. The fraction of sp³-hybridized carbons (Fsp3) is 0.0909. The van der Waals surface area contributed by atoms with Crippen LogP contribution in [0.2, 0.25) is 0 Å². The van der Waals surface area contributed by atoms with Gasteiger partial charge in [0.05, 0.1) is 5.56 Å². The number of halogens is 1. The van der Waals surface area contributed by atoms with Gasteiger partial charge in [-0.15, -0.1) is 12.4 Å². The maximum absolute atomic E-state index is 11.6. The number of carbonyl (C=O) groups is 1. The lowest BCUT2D eigenvalue weighted by molar-refractivity contribution is 0.0697. The number of hydrogen-bond acceptors (Lipinski definition) is 2. The van der Waals surface area contributed by atoms with E-state index < -0.39 is 5.97 Å². The quantitative estimate of drug-likeness (QED) is 0.799. The lowest BCUT2D eigenvalue weighted by Gasteiger charge is -2.00. The maximum atomic E-state index is 11.6. The van der Waals surface area contributed by atoms with Gasteiger partial charge < -0.3 is 10.1 Å². The van der Waals surface area contributed by atoms with Gasteiger partial charge in [-0.2, -0.15) is 0 Å². The van der Waals surface area contributed by atoms with Crippen LogP contribution in [0.5, 0.6) is 0 Å². The summed E-state index contributed by atoms with van der Waals surface area (Å²) in [4.78, 5) is 25.3. The van der Waals surface area contributed by atoms with Gasteiger partial charge in [0.15, 0.2) is 5.43 Å². The van der Waals surface area contributed by atoms with Crippen LogP contribution in [0.1, 0.15) is 16.1 Å². The third-order valence-corrected chi connectivity index (χ3v) is 2.21. The lowest BCUT2D eigenvalue weighted by Crippen LogP contribution is -2.05. The van der Waals surface area contributed by atoms with Crippen molar-refractivity contribution >= 4 is 29.3 Å². The van der Waals surface area contributed by atoms with Crippen molar-refractivity contribution in [2.24, 2.45) is 0 Å². The van der Waals surface area contributed by atoms with Crippen LogP contribution in [-0.4, -0.2) is 16.1 Å². The molecule has 2 N–H and O–H groups in total. The fourth-order valence-corrected chi connectivity index (χ4v) is 1.51. The molecule has 2 aromatic rings. The van der Waals surface area contributed by atoms with E-state index in [9.17, 15) is 9.59 Å². The molecule has 1 aromatic heterocycles. The Hall–Kier alpha value is -1.81. The zero-order valence-electron chi connectivity index (χ0n) is 8.48. The number of rotatable bonds is 1. The third kappa shape index (κ3) is 2.06. The topological polar surface area (TPSA) is 70.2 Å². The molecule has 0 aliphatic heterocycles. The van der Waals surface area contributed by atoms with Gasteiger partial charge >= 0.3 is 5.97 Å². The zero-order chi connectivity index (χ0) is 11.0. The van der Waals surface area contributed by atoms with Crippen molar-refractivity contribution in [3.63, 3.8) is 0 Å². The van der Waals surface area contributed by atoms with Gasteiger partial charge in [0.2, 0.25) is 0 Å². The highest BCUT2D eigenvalue weighted by molar-refractivity contribution is 5.93. The van der Waals surface area contributed by atoms with Crippen LogP contribution in [0, 0.1) is 6.92 Å². The molecule has 0 aliphatic carbocycles. The number of fused-ring (bicyclic) bond motifs is 1. The van der Waals surface area contributed by atoms with Crippen molar-refractivity contribution in [2.45, 2.75) is 6.92 Å². The van der Waals surface area contributed by atoms with Crippen LogP contribution in [-0.2, 0) is 0 Å². The maximum Gasteiger partial charge on any atom is 0.335 e. The first-order valence-corrected chi connectivity index (χ1v) is 4.45. The number of carboxylic acid groups (broad SMARTS) is 1. The molecular weight excluding hydrogens is 230 g/mol. The van der Waals surface area contributed by atoms with Crippen molar-refractivity contribution in [3.8, 4) is 0 Å². The molecular formula is C11H10ClNO3. The molecule has 0 spiro atoms. The second-order valence-corrected chi connectivity index (χ2v) is 3.38. The fourth-order valence-electron chi connectivity index (χ4n) is 1.51. The molecule has 0 saturated carbocycles. The normalized spacial score (nSPS) is 9.81. The van der Waals surface area contributed by atoms with E-state index in [1.54, 1.807) is 13.0 Å². The number of benzene rings is 1. The Bertz CT molecular complexity index is 604. The summed E-state index contributed by atoms with van der Waals surface area (Å²) >= 11 is 0. The lowest BCUT2D eigenvalue weighted by atomic mass is 10.1. The molecule has 2 rings (SSSR count). The summed E-state index contributed by atoms with van der Waals surface area (Å²) in [5.41, 5.74) is 1.38. The molecule has 0 unspecified atom stereocenters. The monoisotopic (exact) mass is 239 g/mol. The van der Waals surface area contributed by atoms with E-state index in [4.69, 9.17) is 5.11 Å². The molecule has 0 atom stereocenters. The molecule has 16 heavy (non-hydrogen) atoms. The molecule has 0 radical (unpaired) electrons. The molecule has 1 aromatic carbocycles. The zero-order valence-corrected chi connectivity index (χ0v) is 9.30. The van der Waals surface area contributed by atoms with Crippen molar-refractivity contribution in [1.29, 1.82) is 0 Å². The molecule has 0 fully saturated rings. The summed E-state index contributed by atoms with van der Waals surface area (Å²) in [5.74, 6) is -1.03. The van der Waals surface area contributed by atoms with Gasteiger partial charge in [-0.1, -0.05) is 0 Å². The number of aromatic nitrogens is 1. The molecule has 0 saturated heterocycles. The van der Waals surface area contributed by atoms with Crippen LogP contribution < -0.4 is 5.43 Å². The van der Waals surface area contributed by atoms with Gasteiger partial charge in [0.25, 0.3) is 0 Å². The highest BCUT2D eigenvalue weighted by Gasteiger charge is 2.05. The van der Waals surface area contributed by atoms with Gasteiger partial charge in [-0.05, 0) is 25.1 Å². The number of aryl methyl sites for hydroxylation is 1. The number of nitrogens with one attached hydrogen (secondary N) is 1. The Morgan fingerprint density at radius 2 is 2.00 bits per heavy atom. The highest BCUT2D eigenvalue weighted by Crippen LogP contribution is 2.10. The van der Waals surface area contributed by atoms with Gasteiger partial charge in [-0.25, -0.2) is 4.79 Å². The first-order chi connectivity index (χ1) is 7.08. The summed E-state index contributed by atoms with van der Waals surface area (Å²) in [6.45, 7) is 1.78. The van der Waals surface area contributed by atoms with Crippen LogP contribution >= 0.6 is 12.4 Å². The minimum atomic E-state index is -1.03. The number of pyridine rings is 1.